The molecule has 0 aromatic rings. The highest BCUT2D eigenvalue weighted by Gasteiger charge is 2.29. The first-order chi connectivity index (χ1) is 6.80. The summed E-state index contributed by atoms with van der Waals surface area (Å²) in [6, 6.07) is 0. The number of hydrogen-bond donors (Lipinski definition) is 3. The number of phosphoric ester groups is 1. The Bertz CT molecular complexity index is 215. The van der Waals surface area contributed by atoms with Crippen molar-refractivity contribution in [1.82, 2.24) is 0 Å². The van der Waals surface area contributed by atoms with Crippen LogP contribution in [-0.2, 0) is 9.09 Å². The van der Waals surface area contributed by atoms with Gasteiger partial charge in [0.25, 0.3) is 0 Å². The Morgan fingerprint density at radius 2 is 1.80 bits per heavy atom. The summed E-state index contributed by atoms with van der Waals surface area (Å²) < 4.78 is 15.4. The Morgan fingerprint density at radius 3 is 2.07 bits per heavy atom. The summed E-state index contributed by atoms with van der Waals surface area (Å²) >= 11 is 6.46. The molecule has 0 saturated heterocycles. The molecule has 0 aliphatic heterocycles. The minimum absolute atomic E-state index is 0.104. The normalized spacial score (nSPS) is 16.7. The van der Waals surface area contributed by atoms with E-state index in [2.05, 4.69) is 36.4 Å². The van der Waals surface area contributed by atoms with Gasteiger partial charge in [-0.25, -0.2) is 4.57 Å². The van der Waals surface area contributed by atoms with Gasteiger partial charge in [-0.15, -0.1) is 0 Å². The largest absolute Gasteiger partial charge is 0.469 e. The van der Waals surface area contributed by atoms with Crippen molar-refractivity contribution in [3.8, 4) is 0 Å². The molecule has 0 amide bonds. The van der Waals surface area contributed by atoms with E-state index in [4.69, 9.17) is 9.79 Å². The second kappa shape index (κ2) is 7.37. The third-order valence-corrected chi connectivity index (χ3v) is 3.98. The zero-order chi connectivity index (χ0) is 12.1. The maximum absolute atomic E-state index is 10.7. The first-order valence-electron chi connectivity index (χ1n) is 4.34. The molecule has 2 unspecified atom stereocenters. The van der Waals surface area contributed by atoms with Crippen molar-refractivity contribution in [2.45, 2.75) is 25.6 Å². The maximum Gasteiger partial charge on any atom is 0.469 e. The van der Waals surface area contributed by atoms with Gasteiger partial charge in [-0.05, 0) is 6.92 Å². The smallest absolute Gasteiger partial charge is 0.393 e. The summed E-state index contributed by atoms with van der Waals surface area (Å²) in [4.78, 5) is 17.4. The molecule has 0 aromatic carbocycles. The predicted octanol–water partition coefficient (Wildman–Crippen LogP) is 1.64. The average Bonchev–Trinajstić information content (AvgIpc) is 2.01. The lowest BCUT2D eigenvalue weighted by Crippen LogP contribution is -2.29. The summed E-state index contributed by atoms with van der Waals surface area (Å²) in [6.45, 7) is 1.55. The predicted molar refractivity (Wildman–Crippen MR) is 64.3 cm³/mol. The number of rotatable bonds is 7. The molecule has 0 heterocycles. The number of alkyl halides is 2. The van der Waals surface area contributed by atoms with Crippen molar-refractivity contribution in [2.75, 3.05) is 10.7 Å². The monoisotopic (exact) mass is 368 g/mol. The number of hydrogen-bond acceptors (Lipinski definition) is 3. The molecule has 92 valence electrons. The minimum Gasteiger partial charge on any atom is -0.393 e. The van der Waals surface area contributed by atoms with E-state index in [1.165, 1.54) is 0 Å². The summed E-state index contributed by atoms with van der Waals surface area (Å²) in [5.41, 5.74) is 0. The van der Waals surface area contributed by atoms with Gasteiger partial charge in [0.15, 0.2) is 0 Å². The summed E-state index contributed by atoms with van der Waals surface area (Å²) in [5, 5.41) is 10.3. The van der Waals surface area contributed by atoms with Gasteiger partial charge in [0, 0.05) is 23.0 Å². The van der Waals surface area contributed by atoms with Crippen LogP contribution in [0.5, 0.6) is 0 Å². The van der Waals surface area contributed by atoms with Gasteiger partial charge >= 0.3 is 7.82 Å². The Balaban J connectivity index is 4.49. The van der Waals surface area contributed by atoms with Gasteiger partial charge in [-0.1, -0.05) is 31.9 Å². The van der Waals surface area contributed by atoms with Crippen LogP contribution in [0.3, 0.4) is 0 Å². The summed E-state index contributed by atoms with van der Waals surface area (Å²) in [7, 11) is -4.51. The van der Waals surface area contributed by atoms with Crippen molar-refractivity contribution < 1.29 is 24.0 Å². The van der Waals surface area contributed by atoms with E-state index in [0.717, 1.165) is 0 Å². The van der Waals surface area contributed by atoms with Crippen molar-refractivity contribution in [2.24, 2.45) is 5.92 Å². The van der Waals surface area contributed by atoms with Crippen molar-refractivity contribution >= 4 is 39.7 Å². The molecule has 0 bridgehead atoms. The highest BCUT2D eigenvalue weighted by Crippen LogP contribution is 2.40. The van der Waals surface area contributed by atoms with Crippen LogP contribution < -0.4 is 0 Å². The minimum atomic E-state index is -4.51. The molecule has 0 aliphatic carbocycles. The molecule has 0 fully saturated rings. The van der Waals surface area contributed by atoms with Crippen molar-refractivity contribution in [1.29, 1.82) is 0 Å². The third kappa shape index (κ3) is 7.85. The molecule has 2 atom stereocenters. The molecular formula is C7H15Br2O5P. The topological polar surface area (TPSA) is 87.0 Å². The van der Waals surface area contributed by atoms with E-state index < -0.39 is 20.0 Å². The highest BCUT2D eigenvalue weighted by atomic mass is 79.9. The SMILES string of the molecule is CC(O)CC(OP(=O)(O)O)C(CBr)CBr. The van der Waals surface area contributed by atoms with Crippen LogP contribution in [0.2, 0.25) is 0 Å². The quantitative estimate of drug-likeness (QED) is 0.469. The lowest BCUT2D eigenvalue weighted by Gasteiger charge is -2.25. The van der Waals surface area contributed by atoms with E-state index in [1.54, 1.807) is 6.92 Å². The fourth-order valence-electron chi connectivity index (χ4n) is 1.07. The highest BCUT2D eigenvalue weighted by molar-refractivity contribution is 9.09. The van der Waals surface area contributed by atoms with Crippen LogP contribution in [-0.4, -0.2) is 37.8 Å². The zero-order valence-electron chi connectivity index (χ0n) is 8.21. The molecule has 5 nitrogen and oxygen atoms in total. The lowest BCUT2D eigenvalue weighted by molar-refractivity contribution is 0.0567. The van der Waals surface area contributed by atoms with E-state index in [1.807, 2.05) is 0 Å². The van der Waals surface area contributed by atoms with E-state index in [0.29, 0.717) is 10.7 Å². The van der Waals surface area contributed by atoms with Gasteiger partial charge in [-0.2, -0.15) is 0 Å². The molecule has 0 aromatic heterocycles. The summed E-state index contributed by atoms with van der Waals surface area (Å²) in [5.74, 6) is -0.104. The molecule has 8 heteroatoms. The fraction of sp³-hybridized carbons (Fsp3) is 1.00. The molecule has 0 radical (unpaired) electrons. The van der Waals surface area contributed by atoms with Gasteiger partial charge in [-0.3, -0.25) is 4.52 Å². The maximum atomic E-state index is 10.7. The second-order valence-electron chi connectivity index (χ2n) is 3.29. The summed E-state index contributed by atoms with van der Waals surface area (Å²) in [6.07, 6.45) is -1.15. The molecule has 0 spiro atoms. The number of aliphatic hydroxyl groups is 1. The lowest BCUT2D eigenvalue weighted by atomic mass is 10.0. The van der Waals surface area contributed by atoms with Crippen LogP contribution in [0.25, 0.3) is 0 Å². The zero-order valence-corrected chi connectivity index (χ0v) is 12.3. The van der Waals surface area contributed by atoms with Crippen LogP contribution in [0.15, 0.2) is 0 Å². The first-order valence-corrected chi connectivity index (χ1v) is 8.11. The Morgan fingerprint density at radius 1 is 1.33 bits per heavy atom. The molecule has 15 heavy (non-hydrogen) atoms. The van der Waals surface area contributed by atoms with Gasteiger partial charge in [0.1, 0.15) is 0 Å². The van der Waals surface area contributed by atoms with Gasteiger partial charge in [0.2, 0.25) is 0 Å². The standard InChI is InChI=1S/C7H15Br2O5P/c1-5(10)2-7(6(3-8)4-9)14-15(11,12)13/h5-7,10H,2-4H2,1H3,(H2,11,12,13). The van der Waals surface area contributed by atoms with Crippen molar-refractivity contribution in [3.05, 3.63) is 0 Å². The average molecular weight is 370 g/mol. The number of aliphatic hydroxyl groups excluding tert-OH is 1. The Labute approximate surface area is 106 Å². The van der Waals surface area contributed by atoms with Crippen LogP contribution in [0.1, 0.15) is 13.3 Å². The van der Waals surface area contributed by atoms with Crippen LogP contribution in [0.4, 0.5) is 0 Å². The molecule has 0 aliphatic rings. The molecule has 0 saturated carbocycles. The Kier molecular flexibility index (Phi) is 7.88. The van der Waals surface area contributed by atoms with E-state index >= 15 is 0 Å². The van der Waals surface area contributed by atoms with Gasteiger partial charge < -0.3 is 14.9 Å². The Hall–Kier alpha value is 1.03. The molecule has 0 rings (SSSR count). The molecule has 3 N–H and O–H groups in total. The van der Waals surface area contributed by atoms with E-state index in [9.17, 15) is 9.67 Å². The fourth-order valence-corrected chi connectivity index (χ4v) is 3.59. The van der Waals surface area contributed by atoms with E-state index in [-0.39, 0.29) is 12.3 Å². The first kappa shape index (κ1) is 16.0. The van der Waals surface area contributed by atoms with Gasteiger partial charge in [0.05, 0.1) is 12.2 Å². The third-order valence-electron chi connectivity index (χ3n) is 1.77. The number of phosphoric acid groups is 1. The second-order valence-corrected chi connectivity index (χ2v) is 5.77. The van der Waals surface area contributed by atoms with Crippen molar-refractivity contribution in [3.63, 3.8) is 0 Å². The molecular weight excluding hydrogens is 355 g/mol. The van der Waals surface area contributed by atoms with Crippen LogP contribution in [0, 0.1) is 5.92 Å². The number of halogens is 2. The van der Waals surface area contributed by atoms with Crippen LogP contribution >= 0.6 is 39.7 Å².